The van der Waals surface area contributed by atoms with Gasteiger partial charge in [-0.05, 0) is 17.7 Å². The van der Waals surface area contributed by atoms with Crippen LogP contribution < -0.4 is 4.72 Å². The largest absolute Gasteiger partial charge is 0.402 e. The van der Waals surface area contributed by atoms with Gasteiger partial charge in [0.05, 0.1) is 5.75 Å². The van der Waals surface area contributed by atoms with Gasteiger partial charge in [-0.15, -0.1) is 0 Å². The van der Waals surface area contributed by atoms with Crippen LogP contribution >= 0.6 is 0 Å². The molecule has 0 heterocycles. The predicted octanol–water partition coefficient (Wildman–Crippen LogP) is 1.95. The highest BCUT2D eigenvalue weighted by atomic mass is 32.2. The normalized spacial score (nSPS) is 12.7. The van der Waals surface area contributed by atoms with E-state index in [-0.39, 0.29) is 5.56 Å². The topological polar surface area (TPSA) is 46.2 Å². The molecule has 0 unspecified atom stereocenters. The van der Waals surface area contributed by atoms with E-state index < -0.39 is 40.1 Å². The van der Waals surface area contributed by atoms with Crippen molar-refractivity contribution in [3.63, 3.8) is 0 Å². The van der Waals surface area contributed by atoms with E-state index in [1.807, 2.05) is 0 Å². The van der Waals surface area contributed by atoms with Crippen LogP contribution in [0.15, 0.2) is 18.2 Å². The maximum absolute atomic E-state index is 12.7. The maximum atomic E-state index is 12.7. The Morgan fingerprint density at radius 1 is 1.06 bits per heavy atom. The summed E-state index contributed by atoms with van der Waals surface area (Å²) in [7, 11) is -4.30. The van der Waals surface area contributed by atoms with E-state index in [0.29, 0.717) is 6.07 Å². The van der Waals surface area contributed by atoms with E-state index in [2.05, 4.69) is 0 Å². The number of sulfonamides is 1. The molecule has 102 valence electrons. The number of rotatable bonds is 4. The summed E-state index contributed by atoms with van der Waals surface area (Å²) in [6.45, 7) is -1.73. The van der Waals surface area contributed by atoms with E-state index in [4.69, 9.17) is 0 Å². The van der Waals surface area contributed by atoms with E-state index in [1.54, 1.807) is 0 Å². The number of benzene rings is 1. The van der Waals surface area contributed by atoms with Crippen molar-refractivity contribution in [1.82, 2.24) is 4.72 Å². The van der Waals surface area contributed by atoms with Gasteiger partial charge in [-0.2, -0.15) is 13.2 Å². The molecule has 0 saturated heterocycles. The van der Waals surface area contributed by atoms with Gasteiger partial charge < -0.3 is 0 Å². The lowest BCUT2D eigenvalue weighted by Gasteiger charge is -2.09. The van der Waals surface area contributed by atoms with Gasteiger partial charge in [0.1, 0.15) is 18.2 Å². The van der Waals surface area contributed by atoms with Gasteiger partial charge in [0, 0.05) is 6.07 Å². The molecule has 1 aromatic carbocycles. The second-order valence-corrected chi connectivity index (χ2v) is 5.28. The molecule has 0 spiro atoms. The van der Waals surface area contributed by atoms with Crippen molar-refractivity contribution >= 4 is 10.0 Å². The Morgan fingerprint density at radius 2 is 1.56 bits per heavy atom. The SMILES string of the molecule is O=S(=O)(Cc1cc(F)cc(F)c1)NCC(F)(F)F. The highest BCUT2D eigenvalue weighted by molar-refractivity contribution is 7.88. The van der Waals surface area contributed by atoms with E-state index in [9.17, 15) is 30.4 Å². The first-order valence-electron chi connectivity index (χ1n) is 4.56. The van der Waals surface area contributed by atoms with Crippen molar-refractivity contribution in [2.75, 3.05) is 6.54 Å². The average molecular weight is 289 g/mol. The van der Waals surface area contributed by atoms with Crippen molar-refractivity contribution in [3.05, 3.63) is 35.4 Å². The Morgan fingerprint density at radius 3 is 2.00 bits per heavy atom. The summed E-state index contributed by atoms with van der Waals surface area (Å²) in [6, 6.07) is 1.99. The van der Waals surface area contributed by atoms with Gasteiger partial charge in [-0.1, -0.05) is 0 Å². The zero-order valence-corrected chi connectivity index (χ0v) is 9.58. The van der Waals surface area contributed by atoms with E-state index in [1.165, 1.54) is 4.72 Å². The molecule has 0 saturated carbocycles. The van der Waals surface area contributed by atoms with Gasteiger partial charge in [0.2, 0.25) is 10.0 Å². The monoisotopic (exact) mass is 289 g/mol. The van der Waals surface area contributed by atoms with Crippen LogP contribution in [0.1, 0.15) is 5.56 Å². The van der Waals surface area contributed by atoms with Crippen LogP contribution in [0.2, 0.25) is 0 Å². The molecule has 0 aliphatic rings. The Hall–Kier alpha value is -1.22. The van der Waals surface area contributed by atoms with Crippen molar-refractivity contribution < 1.29 is 30.4 Å². The number of halogens is 5. The third-order valence-corrected chi connectivity index (χ3v) is 3.07. The van der Waals surface area contributed by atoms with Crippen molar-refractivity contribution in [1.29, 1.82) is 0 Å². The van der Waals surface area contributed by atoms with Gasteiger partial charge in [-0.3, -0.25) is 0 Å². The lowest BCUT2D eigenvalue weighted by Crippen LogP contribution is -2.34. The molecule has 0 atom stereocenters. The molecule has 0 amide bonds. The molecule has 0 aliphatic carbocycles. The average Bonchev–Trinajstić information content (AvgIpc) is 2.11. The standard InChI is InChI=1S/C9H8F5NO2S/c10-7-1-6(2-8(11)3-7)4-18(16,17)15-5-9(12,13)14/h1-3,15H,4-5H2. The molecule has 0 aliphatic heterocycles. The zero-order chi connectivity index (χ0) is 14.0. The first-order chi connectivity index (χ1) is 8.07. The molecule has 1 N–H and O–H groups in total. The van der Waals surface area contributed by atoms with Crippen molar-refractivity contribution in [2.45, 2.75) is 11.9 Å². The minimum atomic E-state index is -4.69. The summed E-state index contributed by atoms with van der Waals surface area (Å²) in [5.41, 5.74) is -0.276. The quantitative estimate of drug-likeness (QED) is 0.861. The predicted molar refractivity (Wildman–Crippen MR) is 53.0 cm³/mol. The summed E-state index contributed by atoms with van der Waals surface area (Å²) >= 11 is 0. The second kappa shape index (κ2) is 5.19. The van der Waals surface area contributed by atoms with Crippen LogP contribution in [-0.4, -0.2) is 21.1 Å². The molecule has 9 heteroatoms. The molecular formula is C9H8F5NO2S. The summed E-state index contributed by atoms with van der Waals surface area (Å²) in [6.07, 6.45) is -4.69. The summed E-state index contributed by atoms with van der Waals surface area (Å²) in [5, 5.41) is 0. The van der Waals surface area contributed by atoms with Crippen LogP contribution in [0.3, 0.4) is 0 Å². The van der Waals surface area contributed by atoms with Crippen LogP contribution in [0.5, 0.6) is 0 Å². The maximum Gasteiger partial charge on any atom is 0.402 e. The minimum absolute atomic E-state index is 0.276. The summed E-state index contributed by atoms with van der Waals surface area (Å²) in [4.78, 5) is 0. The van der Waals surface area contributed by atoms with Crippen LogP contribution in [0, 0.1) is 11.6 Å². The third kappa shape index (κ3) is 5.41. The zero-order valence-electron chi connectivity index (χ0n) is 8.76. The molecule has 0 radical (unpaired) electrons. The molecule has 0 bridgehead atoms. The number of nitrogens with one attached hydrogen (secondary N) is 1. The Bertz CT molecular complexity index is 506. The third-order valence-electron chi connectivity index (χ3n) is 1.77. The van der Waals surface area contributed by atoms with E-state index >= 15 is 0 Å². The number of hydrogen-bond donors (Lipinski definition) is 1. The summed E-state index contributed by atoms with van der Waals surface area (Å²) < 4.78 is 84.6. The fourth-order valence-electron chi connectivity index (χ4n) is 1.16. The first-order valence-corrected chi connectivity index (χ1v) is 6.22. The number of alkyl halides is 3. The lowest BCUT2D eigenvalue weighted by atomic mass is 10.2. The Balaban J connectivity index is 2.76. The minimum Gasteiger partial charge on any atom is -0.212 e. The van der Waals surface area contributed by atoms with Gasteiger partial charge in [-0.25, -0.2) is 21.9 Å². The molecule has 0 aromatic heterocycles. The Kier molecular flexibility index (Phi) is 4.28. The lowest BCUT2D eigenvalue weighted by molar-refractivity contribution is -0.121. The smallest absolute Gasteiger partial charge is 0.212 e. The van der Waals surface area contributed by atoms with Crippen LogP contribution in [0.4, 0.5) is 22.0 Å². The van der Waals surface area contributed by atoms with Gasteiger partial charge >= 0.3 is 6.18 Å². The number of hydrogen-bond acceptors (Lipinski definition) is 2. The van der Waals surface area contributed by atoms with Crippen LogP contribution in [-0.2, 0) is 15.8 Å². The highest BCUT2D eigenvalue weighted by Crippen LogP contribution is 2.14. The van der Waals surface area contributed by atoms with Crippen molar-refractivity contribution in [2.24, 2.45) is 0 Å². The molecular weight excluding hydrogens is 281 g/mol. The Labute approximate surface area is 99.7 Å². The summed E-state index contributed by atoms with van der Waals surface area (Å²) in [5.74, 6) is -2.94. The molecule has 1 aromatic rings. The van der Waals surface area contributed by atoms with Crippen LogP contribution in [0.25, 0.3) is 0 Å². The van der Waals surface area contributed by atoms with Crippen molar-refractivity contribution in [3.8, 4) is 0 Å². The highest BCUT2D eigenvalue weighted by Gasteiger charge is 2.29. The van der Waals surface area contributed by atoms with Gasteiger partial charge in [0.15, 0.2) is 0 Å². The second-order valence-electron chi connectivity index (χ2n) is 3.47. The molecule has 18 heavy (non-hydrogen) atoms. The molecule has 0 fully saturated rings. The fraction of sp³-hybridized carbons (Fsp3) is 0.333. The van der Waals surface area contributed by atoms with Gasteiger partial charge in [0.25, 0.3) is 0 Å². The first kappa shape index (κ1) is 14.8. The molecule has 1 rings (SSSR count). The van der Waals surface area contributed by atoms with E-state index in [0.717, 1.165) is 12.1 Å². The molecule has 3 nitrogen and oxygen atoms in total. The fourth-order valence-corrected chi connectivity index (χ4v) is 2.25.